The summed E-state index contributed by atoms with van der Waals surface area (Å²) in [6.07, 6.45) is -0.415. The Balaban J connectivity index is 1.84. The summed E-state index contributed by atoms with van der Waals surface area (Å²) in [6, 6.07) is 7.83. The van der Waals surface area contributed by atoms with Crippen molar-refractivity contribution >= 4 is 14.2 Å². The molecular formula is C16H23NO4Si. The third-order valence-electron chi connectivity index (χ3n) is 4.60. The summed E-state index contributed by atoms with van der Waals surface area (Å²) in [7, 11) is -2.64. The lowest BCUT2D eigenvalue weighted by atomic mass is 10.2. The van der Waals surface area contributed by atoms with E-state index in [2.05, 4.69) is 41.5 Å². The number of rotatable bonds is 0. The Hall–Kier alpha value is -1.08. The maximum absolute atomic E-state index is 6.60. The minimum absolute atomic E-state index is 0.108. The average Bonchev–Trinajstić information content (AvgIpc) is 2.93. The molecule has 0 saturated carbocycles. The molecule has 1 aromatic carbocycles. The van der Waals surface area contributed by atoms with E-state index >= 15 is 0 Å². The Morgan fingerprint density at radius 2 is 1.68 bits per heavy atom. The second-order valence-electron chi connectivity index (χ2n) is 8.27. The van der Waals surface area contributed by atoms with Gasteiger partial charge in [-0.1, -0.05) is 53.7 Å². The maximum Gasteiger partial charge on any atom is 0.380 e. The highest BCUT2D eigenvalue weighted by atomic mass is 28.4. The van der Waals surface area contributed by atoms with Gasteiger partial charge in [0.2, 0.25) is 0 Å². The number of hydroxylamine groups is 1. The van der Waals surface area contributed by atoms with E-state index in [4.69, 9.17) is 18.4 Å². The normalized spacial score (nSPS) is 31.9. The molecule has 5 nitrogen and oxygen atoms in total. The average molecular weight is 321 g/mol. The first kappa shape index (κ1) is 14.5. The summed E-state index contributed by atoms with van der Waals surface area (Å²) in [5.41, 5.74) is 0.874. The molecule has 2 saturated heterocycles. The summed E-state index contributed by atoms with van der Waals surface area (Å²) >= 11 is 0. The first-order valence-electron chi connectivity index (χ1n) is 7.74. The Morgan fingerprint density at radius 1 is 1.05 bits per heavy atom. The Labute approximate surface area is 132 Å². The van der Waals surface area contributed by atoms with Gasteiger partial charge in [-0.2, -0.15) is 5.06 Å². The summed E-state index contributed by atoms with van der Waals surface area (Å²) in [5.74, 6) is -0.127. The molecule has 3 heterocycles. The molecule has 2 atom stereocenters. The largest absolute Gasteiger partial charge is 0.454 e. The number of ether oxygens (including phenoxy) is 2. The first-order chi connectivity index (χ1) is 10.1. The summed E-state index contributed by atoms with van der Waals surface area (Å²) in [4.78, 5) is 0. The van der Waals surface area contributed by atoms with Gasteiger partial charge in [-0.15, -0.1) is 0 Å². The second kappa shape index (κ2) is 3.87. The van der Waals surface area contributed by atoms with Crippen molar-refractivity contribution in [1.29, 1.82) is 0 Å². The molecule has 6 heteroatoms. The van der Waals surface area contributed by atoms with Crippen LogP contribution in [0.1, 0.15) is 41.5 Å². The highest BCUT2D eigenvalue weighted by Crippen LogP contribution is 2.65. The van der Waals surface area contributed by atoms with E-state index in [0.717, 1.165) is 11.4 Å². The van der Waals surface area contributed by atoms with E-state index < -0.39 is 20.8 Å². The van der Waals surface area contributed by atoms with Gasteiger partial charge < -0.3 is 9.16 Å². The molecule has 0 radical (unpaired) electrons. The first-order valence-corrected chi connectivity index (χ1v) is 9.55. The van der Waals surface area contributed by atoms with Gasteiger partial charge in [0.15, 0.2) is 0 Å². The lowest BCUT2D eigenvalue weighted by molar-refractivity contribution is 0.0559. The van der Waals surface area contributed by atoms with Crippen LogP contribution in [-0.2, 0) is 13.7 Å². The summed E-state index contributed by atoms with van der Waals surface area (Å²) < 4.78 is 24.9. The highest BCUT2D eigenvalue weighted by Gasteiger charge is 2.81. The standard InChI is InChI=1S/C16H23NO4Si/c1-14(2,3)22(15(4,5)6)20-16-13(19-16)18-12-10-8-7-9-11(12)17(16)21-22/h7-10,13H,1-6H3. The van der Waals surface area contributed by atoms with E-state index in [-0.39, 0.29) is 10.1 Å². The van der Waals surface area contributed by atoms with Crippen molar-refractivity contribution in [2.45, 2.75) is 63.8 Å². The number of fused-ring (bicyclic) bond motifs is 2. The van der Waals surface area contributed by atoms with Crippen LogP contribution in [0.5, 0.6) is 5.75 Å². The van der Waals surface area contributed by atoms with E-state index in [1.54, 1.807) is 0 Å². The van der Waals surface area contributed by atoms with Crippen molar-refractivity contribution in [2.75, 3.05) is 5.06 Å². The topological polar surface area (TPSA) is 43.5 Å². The van der Waals surface area contributed by atoms with Crippen LogP contribution in [0.15, 0.2) is 24.3 Å². The van der Waals surface area contributed by atoms with Gasteiger partial charge in [0, 0.05) is 10.1 Å². The number of benzene rings is 1. The third-order valence-corrected chi connectivity index (χ3v) is 9.57. The van der Waals surface area contributed by atoms with Crippen LogP contribution < -0.4 is 9.80 Å². The molecule has 1 spiro atoms. The smallest absolute Gasteiger partial charge is 0.380 e. The quantitative estimate of drug-likeness (QED) is 0.535. The van der Waals surface area contributed by atoms with Crippen LogP contribution in [0.4, 0.5) is 5.69 Å². The molecule has 0 bridgehead atoms. The van der Waals surface area contributed by atoms with Crippen LogP contribution in [0.2, 0.25) is 10.1 Å². The van der Waals surface area contributed by atoms with E-state index in [0.29, 0.717) is 0 Å². The molecule has 22 heavy (non-hydrogen) atoms. The van der Waals surface area contributed by atoms with E-state index in [1.807, 2.05) is 29.3 Å². The Kier molecular flexibility index (Phi) is 2.55. The summed E-state index contributed by atoms with van der Waals surface area (Å²) in [6.45, 7) is 13.1. The highest BCUT2D eigenvalue weighted by molar-refractivity contribution is 6.74. The van der Waals surface area contributed by atoms with Gasteiger partial charge in [0.25, 0.3) is 6.29 Å². The molecule has 0 aromatic heterocycles. The van der Waals surface area contributed by atoms with Crippen molar-refractivity contribution < 1.29 is 18.4 Å². The zero-order valence-corrected chi connectivity index (χ0v) is 15.0. The monoisotopic (exact) mass is 321 g/mol. The molecular weight excluding hydrogens is 298 g/mol. The van der Waals surface area contributed by atoms with Gasteiger partial charge in [-0.25, -0.2) is 0 Å². The number of hydrogen-bond acceptors (Lipinski definition) is 5. The lowest BCUT2D eigenvalue weighted by Gasteiger charge is -2.43. The van der Waals surface area contributed by atoms with Gasteiger partial charge in [0.05, 0.1) is 0 Å². The third kappa shape index (κ3) is 1.58. The molecule has 0 amide bonds. The number of anilines is 1. The van der Waals surface area contributed by atoms with Crippen LogP contribution in [-0.4, -0.2) is 20.8 Å². The Bertz CT molecular complexity index is 622. The van der Waals surface area contributed by atoms with Crippen molar-refractivity contribution in [1.82, 2.24) is 0 Å². The molecule has 4 rings (SSSR count). The van der Waals surface area contributed by atoms with E-state index in [9.17, 15) is 0 Å². The van der Waals surface area contributed by atoms with Crippen molar-refractivity contribution in [3.05, 3.63) is 24.3 Å². The van der Waals surface area contributed by atoms with Crippen LogP contribution in [0, 0.1) is 0 Å². The molecule has 0 aliphatic carbocycles. The van der Waals surface area contributed by atoms with Gasteiger partial charge in [0.1, 0.15) is 11.4 Å². The SMILES string of the molecule is CC(C)(C)[Si]1(C(C)(C)C)ON2c3ccccc3OC3OC32O1. The van der Waals surface area contributed by atoms with Gasteiger partial charge >= 0.3 is 14.5 Å². The van der Waals surface area contributed by atoms with Crippen LogP contribution in [0.25, 0.3) is 0 Å². The molecule has 120 valence electrons. The zero-order chi connectivity index (χ0) is 16.0. The number of hydrogen-bond donors (Lipinski definition) is 0. The fourth-order valence-electron chi connectivity index (χ4n) is 3.65. The van der Waals surface area contributed by atoms with Crippen LogP contribution in [0.3, 0.4) is 0 Å². The lowest BCUT2D eigenvalue weighted by Crippen LogP contribution is -2.54. The number of para-hydroxylation sites is 2. The number of epoxide rings is 1. The zero-order valence-electron chi connectivity index (χ0n) is 14.0. The van der Waals surface area contributed by atoms with Gasteiger partial charge in [-0.3, -0.25) is 9.26 Å². The predicted octanol–water partition coefficient (Wildman–Crippen LogP) is 3.90. The molecule has 2 fully saturated rings. The van der Waals surface area contributed by atoms with Crippen molar-refractivity contribution in [2.24, 2.45) is 0 Å². The molecule has 3 aliphatic rings. The fraction of sp³-hybridized carbons (Fsp3) is 0.625. The summed E-state index contributed by atoms with van der Waals surface area (Å²) in [5, 5.41) is 1.60. The predicted molar refractivity (Wildman–Crippen MR) is 84.5 cm³/mol. The molecule has 1 aromatic rings. The molecule has 2 unspecified atom stereocenters. The van der Waals surface area contributed by atoms with Crippen LogP contribution >= 0.6 is 0 Å². The minimum Gasteiger partial charge on any atom is -0.454 e. The van der Waals surface area contributed by atoms with Crippen molar-refractivity contribution in [3.63, 3.8) is 0 Å². The Morgan fingerprint density at radius 3 is 2.32 bits per heavy atom. The molecule has 0 N–H and O–H groups in total. The minimum atomic E-state index is -2.64. The fourth-order valence-corrected chi connectivity index (χ4v) is 8.22. The number of nitrogens with zero attached hydrogens (tertiary/aromatic N) is 1. The van der Waals surface area contributed by atoms with E-state index in [1.165, 1.54) is 0 Å². The van der Waals surface area contributed by atoms with Gasteiger partial charge in [-0.05, 0) is 12.1 Å². The molecule has 3 aliphatic heterocycles. The van der Waals surface area contributed by atoms with Crippen molar-refractivity contribution in [3.8, 4) is 5.75 Å². The second-order valence-corrected chi connectivity index (χ2v) is 12.9. The maximum atomic E-state index is 6.60.